The number of hydrogen-bond donors (Lipinski definition) is 2. The monoisotopic (exact) mass is 236 g/mol. The predicted molar refractivity (Wildman–Crippen MR) is 56.6 cm³/mol. The van der Waals surface area contributed by atoms with Gasteiger partial charge >= 0.3 is 6.01 Å². The third kappa shape index (κ3) is 2.57. The van der Waals surface area contributed by atoms with Gasteiger partial charge in [0.2, 0.25) is 5.88 Å². The van der Waals surface area contributed by atoms with E-state index in [1.54, 1.807) is 12.1 Å². The zero-order valence-electron chi connectivity index (χ0n) is 8.67. The molecule has 88 valence electrons. The summed E-state index contributed by atoms with van der Waals surface area (Å²) in [6.07, 6.45) is 2.37. The van der Waals surface area contributed by atoms with Gasteiger partial charge in [0.05, 0.1) is 11.8 Å². The lowest BCUT2D eigenvalue weighted by Gasteiger charge is -2.05. The van der Waals surface area contributed by atoms with E-state index >= 15 is 0 Å². The molecule has 17 heavy (non-hydrogen) atoms. The van der Waals surface area contributed by atoms with Crippen LogP contribution in [0.1, 0.15) is 5.56 Å². The van der Waals surface area contributed by atoms with Gasteiger partial charge in [-0.25, -0.2) is 14.4 Å². The average Bonchev–Trinajstić information content (AvgIpc) is 2.32. The number of ether oxygens (including phenoxy) is 1. The Kier molecular flexibility index (Phi) is 2.99. The fourth-order valence-electron chi connectivity index (χ4n) is 1.12. The standard InChI is InChI=1S/C10H9FN4O2/c11-7-4-14-10(15-8(7)12)17-5-6-2-1-3-13-9(6)16/h1-4H,5H2,(H,13,16)(H2,12,14,15). The van der Waals surface area contributed by atoms with Crippen LogP contribution in [-0.2, 0) is 6.61 Å². The number of nitrogens with two attached hydrogens (primary N) is 1. The maximum absolute atomic E-state index is 12.8. The SMILES string of the molecule is Nc1nc(OCc2cccnc2O)ncc1F. The van der Waals surface area contributed by atoms with E-state index in [1.165, 1.54) is 6.20 Å². The van der Waals surface area contributed by atoms with Crippen LogP contribution in [0.15, 0.2) is 24.5 Å². The van der Waals surface area contributed by atoms with Crippen LogP contribution in [0.25, 0.3) is 0 Å². The molecule has 2 aromatic heterocycles. The summed E-state index contributed by atoms with van der Waals surface area (Å²) in [5.41, 5.74) is 5.72. The Balaban J connectivity index is 2.08. The number of pyridine rings is 1. The van der Waals surface area contributed by atoms with E-state index < -0.39 is 5.82 Å². The molecule has 0 bridgehead atoms. The second-order valence-corrected chi connectivity index (χ2v) is 3.16. The molecular weight excluding hydrogens is 227 g/mol. The molecule has 0 radical (unpaired) electrons. The van der Waals surface area contributed by atoms with E-state index in [9.17, 15) is 9.50 Å². The zero-order valence-corrected chi connectivity index (χ0v) is 8.67. The Hall–Kier alpha value is -2.44. The lowest BCUT2D eigenvalue weighted by Crippen LogP contribution is -2.03. The summed E-state index contributed by atoms with van der Waals surface area (Å²) in [6, 6.07) is 3.22. The smallest absolute Gasteiger partial charge is 0.318 e. The third-order valence-corrected chi connectivity index (χ3v) is 1.97. The van der Waals surface area contributed by atoms with Gasteiger partial charge in [-0.05, 0) is 12.1 Å². The van der Waals surface area contributed by atoms with Gasteiger partial charge in [-0.15, -0.1) is 0 Å². The van der Waals surface area contributed by atoms with Crippen molar-refractivity contribution in [3.63, 3.8) is 0 Å². The number of halogens is 1. The van der Waals surface area contributed by atoms with Crippen molar-refractivity contribution in [3.05, 3.63) is 35.9 Å². The lowest BCUT2D eigenvalue weighted by atomic mass is 10.3. The minimum absolute atomic E-state index is 0.0186. The van der Waals surface area contributed by atoms with E-state index in [0.29, 0.717) is 5.56 Å². The molecule has 0 aliphatic rings. The molecule has 0 saturated carbocycles. The van der Waals surface area contributed by atoms with Crippen LogP contribution in [-0.4, -0.2) is 20.1 Å². The fraction of sp³-hybridized carbons (Fsp3) is 0.100. The second-order valence-electron chi connectivity index (χ2n) is 3.16. The largest absolute Gasteiger partial charge is 0.493 e. The van der Waals surface area contributed by atoms with E-state index in [2.05, 4.69) is 15.0 Å². The van der Waals surface area contributed by atoms with Crippen LogP contribution in [0, 0.1) is 5.82 Å². The molecule has 0 unspecified atom stereocenters. The minimum atomic E-state index is -0.707. The highest BCUT2D eigenvalue weighted by molar-refractivity contribution is 5.29. The van der Waals surface area contributed by atoms with Crippen molar-refractivity contribution in [2.75, 3.05) is 5.73 Å². The first-order chi connectivity index (χ1) is 8.16. The van der Waals surface area contributed by atoms with E-state index in [0.717, 1.165) is 6.20 Å². The Morgan fingerprint density at radius 3 is 2.94 bits per heavy atom. The number of nitrogens with zero attached hydrogens (tertiary/aromatic N) is 3. The topological polar surface area (TPSA) is 94.2 Å². The van der Waals surface area contributed by atoms with Gasteiger partial charge in [-0.1, -0.05) is 0 Å². The maximum atomic E-state index is 12.8. The first kappa shape index (κ1) is 11.1. The number of aromatic nitrogens is 3. The molecule has 0 saturated heterocycles. The number of nitrogen functional groups attached to an aromatic ring is 1. The minimum Gasteiger partial charge on any atom is -0.493 e. The van der Waals surface area contributed by atoms with Crippen molar-refractivity contribution >= 4 is 5.82 Å². The molecule has 2 rings (SSSR count). The van der Waals surface area contributed by atoms with Gasteiger partial charge in [0.25, 0.3) is 0 Å². The normalized spacial score (nSPS) is 10.2. The van der Waals surface area contributed by atoms with Crippen molar-refractivity contribution in [2.24, 2.45) is 0 Å². The quantitative estimate of drug-likeness (QED) is 0.821. The van der Waals surface area contributed by atoms with Crippen LogP contribution in [0.2, 0.25) is 0 Å². The molecule has 2 heterocycles. The molecule has 0 aliphatic carbocycles. The molecule has 0 spiro atoms. The molecule has 0 fully saturated rings. The summed E-state index contributed by atoms with van der Waals surface area (Å²) < 4.78 is 17.9. The highest BCUT2D eigenvalue weighted by Crippen LogP contribution is 2.15. The first-order valence-electron chi connectivity index (χ1n) is 4.70. The van der Waals surface area contributed by atoms with Gasteiger partial charge < -0.3 is 15.6 Å². The number of anilines is 1. The number of rotatable bonds is 3. The Bertz CT molecular complexity index is 535. The summed E-state index contributed by atoms with van der Waals surface area (Å²) in [5.74, 6) is -1.13. The van der Waals surface area contributed by atoms with Crippen molar-refractivity contribution < 1.29 is 14.2 Å². The molecule has 0 amide bonds. The maximum Gasteiger partial charge on any atom is 0.318 e. The second kappa shape index (κ2) is 4.60. The van der Waals surface area contributed by atoms with Gasteiger partial charge in [0.1, 0.15) is 6.61 Å². The van der Waals surface area contributed by atoms with E-state index in [-0.39, 0.29) is 24.3 Å². The predicted octanol–water partition coefficient (Wildman–Crippen LogP) is 0.877. The molecular formula is C10H9FN4O2. The van der Waals surface area contributed by atoms with Gasteiger partial charge in [0, 0.05) is 6.20 Å². The van der Waals surface area contributed by atoms with E-state index in [4.69, 9.17) is 10.5 Å². The van der Waals surface area contributed by atoms with Gasteiger partial charge in [-0.2, -0.15) is 4.98 Å². The van der Waals surface area contributed by atoms with E-state index in [1.807, 2.05) is 0 Å². The summed E-state index contributed by atoms with van der Waals surface area (Å²) in [4.78, 5) is 10.9. The highest BCUT2D eigenvalue weighted by atomic mass is 19.1. The van der Waals surface area contributed by atoms with Crippen LogP contribution in [0.4, 0.5) is 10.2 Å². The van der Waals surface area contributed by atoms with Crippen molar-refractivity contribution in [2.45, 2.75) is 6.61 Å². The van der Waals surface area contributed by atoms with Crippen molar-refractivity contribution in [3.8, 4) is 11.9 Å². The molecule has 6 nitrogen and oxygen atoms in total. The molecule has 2 aromatic rings. The van der Waals surface area contributed by atoms with Crippen LogP contribution in [0.3, 0.4) is 0 Å². The Morgan fingerprint density at radius 2 is 2.24 bits per heavy atom. The first-order valence-corrected chi connectivity index (χ1v) is 4.70. The summed E-state index contributed by atoms with van der Waals surface area (Å²) in [7, 11) is 0. The van der Waals surface area contributed by atoms with Crippen LogP contribution < -0.4 is 10.5 Å². The molecule has 0 atom stereocenters. The Morgan fingerprint density at radius 1 is 1.41 bits per heavy atom. The molecule has 0 aliphatic heterocycles. The Labute approximate surface area is 95.9 Å². The highest BCUT2D eigenvalue weighted by Gasteiger charge is 2.06. The van der Waals surface area contributed by atoms with Crippen molar-refractivity contribution in [1.82, 2.24) is 15.0 Å². The third-order valence-electron chi connectivity index (χ3n) is 1.97. The summed E-state index contributed by atoms with van der Waals surface area (Å²) in [6.45, 7) is 0.0186. The summed E-state index contributed by atoms with van der Waals surface area (Å²) >= 11 is 0. The lowest BCUT2D eigenvalue weighted by molar-refractivity contribution is 0.273. The number of aromatic hydroxyl groups is 1. The zero-order chi connectivity index (χ0) is 12.3. The molecule has 0 aromatic carbocycles. The van der Waals surface area contributed by atoms with Gasteiger partial charge in [-0.3, -0.25) is 0 Å². The number of hydrogen-bond acceptors (Lipinski definition) is 6. The average molecular weight is 236 g/mol. The fourth-order valence-corrected chi connectivity index (χ4v) is 1.12. The molecule has 3 N–H and O–H groups in total. The summed E-state index contributed by atoms with van der Waals surface area (Å²) in [5, 5.41) is 9.37. The molecule has 7 heteroatoms. The van der Waals surface area contributed by atoms with Crippen molar-refractivity contribution in [1.29, 1.82) is 0 Å². The van der Waals surface area contributed by atoms with Crippen LogP contribution >= 0.6 is 0 Å². The van der Waals surface area contributed by atoms with Crippen LogP contribution in [0.5, 0.6) is 11.9 Å². The van der Waals surface area contributed by atoms with Gasteiger partial charge in [0.15, 0.2) is 11.6 Å².